The molecule has 1 amide bonds. The molecule has 1 aromatic carbocycles. The zero-order valence-electron chi connectivity index (χ0n) is 10.9. The summed E-state index contributed by atoms with van der Waals surface area (Å²) in [6.45, 7) is 7.78. The van der Waals surface area contributed by atoms with E-state index in [9.17, 15) is 9.90 Å². The van der Waals surface area contributed by atoms with E-state index in [-0.39, 0.29) is 17.9 Å². The van der Waals surface area contributed by atoms with E-state index in [0.29, 0.717) is 13.0 Å². The first-order valence-corrected chi connectivity index (χ1v) is 6.46. The number of aliphatic hydroxyl groups excluding tert-OH is 1. The molecular weight excluding hydrogens is 238 g/mol. The number of aliphatic hydroxyl groups is 1. The van der Waals surface area contributed by atoms with Crippen LogP contribution in [0.3, 0.4) is 0 Å². The topological polar surface area (TPSA) is 40.5 Å². The van der Waals surface area contributed by atoms with Crippen LogP contribution in [0.25, 0.3) is 0 Å². The van der Waals surface area contributed by atoms with Gasteiger partial charge in [-0.05, 0) is 12.0 Å². The summed E-state index contributed by atoms with van der Waals surface area (Å²) in [5, 5.41) is 10.2. The first kappa shape index (κ1) is 13.6. The zero-order chi connectivity index (χ0) is 13.8. The number of likely N-dealkylation sites (tertiary alicyclic amines) is 1. The van der Waals surface area contributed by atoms with Gasteiger partial charge >= 0.3 is 0 Å². The Kier molecular flexibility index (Phi) is 4.17. The van der Waals surface area contributed by atoms with E-state index in [1.165, 1.54) is 0 Å². The molecule has 0 aromatic heterocycles. The first-order chi connectivity index (χ1) is 9.20. The van der Waals surface area contributed by atoms with Crippen molar-refractivity contribution in [2.75, 3.05) is 6.54 Å². The maximum absolute atomic E-state index is 12.2. The molecule has 1 N–H and O–H groups in total. The van der Waals surface area contributed by atoms with Gasteiger partial charge in [0.1, 0.15) is 0 Å². The van der Waals surface area contributed by atoms with E-state index in [4.69, 9.17) is 0 Å². The SMILES string of the molecule is C=CCC(O)[C@@H]1[C@@H](c2ccccc2)C(=O)N1CC=C. The fourth-order valence-electron chi connectivity index (χ4n) is 2.66. The van der Waals surface area contributed by atoms with Crippen LogP contribution in [-0.4, -0.2) is 34.6 Å². The Morgan fingerprint density at radius 2 is 1.95 bits per heavy atom. The van der Waals surface area contributed by atoms with E-state index in [1.807, 2.05) is 30.3 Å². The lowest BCUT2D eigenvalue weighted by atomic mass is 9.78. The van der Waals surface area contributed by atoms with E-state index in [1.54, 1.807) is 17.1 Å². The van der Waals surface area contributed by atoms with Gasteiger partial charge in [0.15, 0.2) is 0 Å². The molecule has 100 valence electrons. The number of hydrogen-bond donors (Lipinski definition) is 1. The smallest absolute Gasteiger partial charge is 0.232 e. The molecule has 3 heteroatoms. The Hall–Kier alpha value is -1.87. The van der Waals surface area contributed by atoms with Crippen LogP contribution >= 0.6 is 0 Å². The number of carbonyl (C=O) groups excluding carboxylic acids is 1. The highest BCUT2D eigenvalue weighted by atomic mass is 16.3. The van der Waals surface area contributed by atoms with Crippen molar-refractivity contribution in [1.29, 1.82) is 0 Å². The molecule has 1 aliphatic heterocycles. The molecule has 1 fully saturated rings. The molecule has 1 heterocycles. The number of β-lactam (4-membered cyclic amide) rings is 1. The van der Waals surface area contributed by atoms with Gasteiger partial charge in [-0.2, -0.15) is 0 Å². The van der Waals surface area contributed by atoms with Crippen LogP contribution in [0, 0.1) is 0 Å². The minimum absolute atomic E-state index is 0.0548. The second kappa shape index (κ2) is 5.85. The molecule has 0 radical (unpaired) electrons. The van der Waals surface area contributed by atoms with E-state index in [2.05, 4.69) is 13.2 Å². The fraction of sp³-hybridized carbons (Fsp3) is 0.312. The highest BCUT2D eigenvalue weighted by Crippen LogP contribution is 2.38. The third-order valence-electron chi connectivity index (χ3n) is 3.54. The quantitative estimate of drug-likeness (QED) is 0.626. The van der Waals surface area contributed by atoms with Crippen molar-refractivity contribution in [3.05, 3.63) is 61.2 Å². The predicted octanol–water partition coefficient (Wildman–Crippen LogP) is 2.10. The van der Waals surface area contributed by atoms with Crippen molar-refractivity contribution < 1.29 is 9.90 Å². The second-order valence-corrected chi connectivity index (χ2v) is 4.75. The highest BCUT2D eigenvalue weighted by molar-refractivity contribution is 5.91. The largest absolute Gasteiger partial charge is 0.391 e. The molecular formula is C16H19NO2. The summed E-state index contributed by atoms with van der Waals surface area (Å²) in [5.74, 6) is -0.199. The van der Waals surface area contributed by atoms with Gasteiger partial charge in [-0.1, -0.05) is 42.5 Å². The van der Waals surface area contributed by atoms with Crippen LogP contribution in [0.1, 0.15) is 17.9 Å². The number of amides is 1. The van der Waals surface area contributed by atoms with Gasteiger partial charge in [-0.15, -0.1) is 13.2 Å². The van der Waals surface area contributed by atoms with E-state index >= 15 is 0 Å². The van der Waals surface area contributed by atoms with Crippen LogP contribution < -0.4 is 0 Å². The van der Waals surface area contributed by atoms with E-state index < -0.39 is 6.10 Å². The van der Waals surface area contributed by atoms with Crippen molar-refractivity contribution in [3.63, 3.8) is 0 Å². The summed E-state index contributed by atoms with van der Waals surface area (Å²) < 4.78 is 0. The number of benzene rings is 1. The first-order valence-electron chi connectivity index (χ1n) is 6.46. The Bertz CT molecular complexity index is 469. The van der Waals surface area contributed by atoms with Crippen molar-refractivity contribution in [2.24, 2.45) is 0 Å². The molecule has 0 aliphatic carbocycles. The highest BCUT2D eigenvalue weighted by Gasteiger charge is 2.50. The van der Waals surface area contributed by atoms with Crippen LogP contribution in [0.5, 0.6) is 0 Å². The maximum Gasteiger partial charge on any atom is 0.232 e. The van der Waals surface area contributed by atoms with Crippen LogP contribution in [-0.2, 0) is 4.79 Å². The number of nitrogens with zero attached hydrogens (tertiary/aromatic N) is 1. The van der Waals surface area contributed by atoms with Crippen molar-refractivity contribution in [3.8, 4) is 0 Å². The molecule has 19 heavy (non-hydrogen) atoms. The number of rotatable bonds is 6. The average molecular weight is 257 g/mol. The van der Waals surface area contributed by atoms with E-state index in [0.717, 1.165) is 5.56 Å². The van der Waals surface area contributed by atoms with Gasteiger partial charge in [0, 0.05) is 6.54 Å². The van der Waals surface area contributed by atoms with Gasteiger partial charge in [-0.25, -0.2) is 0 Å². The Morgan fingerprint density at radius 3 is 2.53 bits per heavy atom. The molecule has 2 rings (SSSR count). The standard InChI is InChI=1S/C16H19NO2/c1-3-8-13(18)15-14(12-9-6-5-7-10-12)16(19)17(15)11-4-2/h3-7,9-10,13-15,18H,1-2,8,11H2/t13?,14-,15-/m1/s1. The normalized spacial score (nSPS) is 23.6. The molecule has 3 nitrogen and oxygen atoms in total. The van der Waals surface area contributed by atoms with Crippen molar-refractivity contribution >= 4 is 5.91 Å². The summed E-state index contributed by atoms with van der Waals surface area (Å²) in [6, 6.07) is 9.42. The van der Waals surface area contributed by atoms with Gasteiger partial charge < -0.3 is 10.0 Å². The summed E-state index contributed by atoms with van der Waals surface area (Å²) in [7, 11) is 0. The average Bonchev–Trinajstić information content (AvgIpc) is 2.42. The minimum Gasteiger partial charge on any atom is -0.391 e. The lowest BCUT2D eigenvalue weighted by Crippen LogP contribution is -2.63. The van der Waals surface area contributed by atoms with Crippen molar-refractivity contribution in [2.45, 2.75) is 24.5 Å². The van der Waals surface area contributed by atoms with Gasteiger partial charge in [0.2, 0.25) is 5.91 Å². The Balaban J connectivity index is 2.24. The zero-order valence-corrected chi connectivity index (χ0v) is 10.9. The second-order valence-electron chi connectivity index (χ2n) is 4.75. The molecule has 1 unspecified atom stereocenters. The van der Waals surface area contributed by atoms with Crippen LogP contribution in [0.15, 0.2) is 55.6 Å². The minimum atomic E-state index is -0.583. The molecule has 0 spiro atoms. The number of hydrogen-bond acceptors (Lipinski definition) is 2. The van der Waals surface area contributed by atoms with Crippen LogP contribution in [0.4, 0.5) is 0 Å². The third-order valence-corrected chi connectivity index (χ3v) is 3.54. The lowest BCUT2D eigenvalue weighted by Gasteiger charge is -2.49. The maximum atomic E-state index is 12.2. The summed E-state index contributed by atoms with van der Waals surface area (Å²) in [5.41, 5.74) is 0.959. The lowest BCUT2D eigenvalue weighted by molar-refractivity contribution is -0.155. The molecule has 1 aliphatic rings. The predicted molar refractivity (Wildman–Crippen MR) is 75.7 cm³/mol. The number of carbonyl (C=O) groups is 1. The molecule has 3 atom stereocenters. The molecule has 0 saturated carbocycles. The molecule has 1 saturated heterocycles. The molecule has 1 aromatic rings. The van der Waals surface area contributed by atoms with Gasteiger partial charge in [0.25, 0.3) is 0 Å². The van der Waals surface area contributed by atoms with Gasteiger partial charge in [-0.3, -0.25) is 4.79 Å². The fourth-order valence-corrected chi connectivity index (χ4v) is 2.66. The summed E-state index contributed by atoms with van der Waals surface area (Å²) in [4.78, 5) is 13.9. The van der Waals surface area contributed by atoms with Crippen LogP contribution in [0.2, 0.25) is 0 Å². The summed E-state index contributed by atoms with van der Waals surface area (Å²) >= 11 is 0. The Morgan fingerprint density at radius 1 is 1.26 bits per heavy atom. The van der Waals surface area contributed by atoms with Crippen molar-refractivity contribution in [1.82, 2.24) is 4.90 Å². The summed E-state index contributed by atoms with van der Waals surface area (Å²) in [6.07, 6.45) is 3.27. The Labute approximate surface area is 113 Å². The monoisotopic (exact) mass is 257 g/mol. The van der Waals surface area contributed by atoms with Gasteiger partial charge in [0.05, 0.1) is 18.1 Å². The third kappa shape index (κ3) is 2.47. The molecule has 0 bridgehead atoms.